The lowest BCUT2D eigenvalue weighted by atomic mass is 10.1. The van der Waals surface area contributed by atoms with Gasteiger partial charge in [-0.05, 0) is 43.7 Å². The van der Waals surface area contributed by atoms with Crippen LogP contribution in [-0.2, 0) is 6.54 Å². The Labute approximate surface area is 162 Å². The lowest BCUT2D eigenvalue weighted by Crippen LogP contribution is -2.16. The fourth-order valence-electron chi connectivity index (χ4n) is 2.89. The Morgan fingerprint density at radius 3 is 2.50 bits per heavy atom. The van der Waals surface area contributed by atoms with Gasteiger partial charge in [-0.2, -0.15) is 10.1 Å². The van der Waals surface area contributed by atoms with Crippen LogP contribution in [0.15, 0.2) is 65.2 Å². The number of carbonyl (C=O) groups excluding carboxylic acids is 1. The van der Waals surface area contributed by atoms with Crippen LogP contribution in [0.5, 0.6) is 0 Å². The zero-order valence-corrected chi connectivity index (χ0v) is 15.6. The van der Waals surface area contributed by atoms with Crippen LogP contribution in [0.2, 0.25) is 0 Å². The van der Waals surface area contributed by atoms with Crippen molar-refractivity contribution in [2.45, 2.75) is 20.4 Å². The molecule has 0 aliphatic heterocycles. The van der Waals surface area contributed by atoms with Gasteiger partial charge in [-0.1, -0.05) is 35.5 Å². The van der Waals surface area contributed by atoms with Crippen molar-refractivity contribution < 1.29 is 9.32 Å². The SMILES string of the molecule is Cc1cc(NC(=O)c2ccc(-c3nc(C)no3)cc2)n(Cc2ccccc2)n1. The van der Waals surface area contributed by atoms with Crippen LogP contribution in [0.3, 0.4) is 0 Å². The third kappa shape index (κ3) is 3.83. The number of aromatic nitrogens is 4. The van der Waals surface area contributed by atoms with Gasteiger partial charge in [0, 0.05) is 17.2 Å². The van der Waals surface area contributed by atoms with Crippen molar-refractivity contribution in [3.63, 3.8) is 0 Å². The molecule has 0 aliphatic rings. The summed E-state index contributed by atoms with van der Waals surface area (Å²) in [5.74, 6) is 1.45. The molecule has 0 saturated carbocycles. The van der Waals surface area contributed by atoms with Gasteiger partial charge in [-0.25, -0.2) is 4.68 Å². The van der Waals surface area contributed by atoms with Crippen molar-refractivity contribution in [3.8, 4) is 11.5 Å². The minimum Gasteiger partial charge on any atom is -0.334 e. The molecule has 1 amide bonds. The smallest absolute Gasteiger partial charge is 0.257 e. The summed E-state index contributed by atoms with van der Waals surface area (Å²) in [5, 5.41) is 11.2. The van der Waals surface area contributed by atoms with E-state index >= 15 is 0 Å². The standard InChI is InChI=1S/C21H19N5O2/c1-14-12-19(26(24-14)13-16-6-4-3-5-7-16)23-20(27)17-8-10-18(11-9-17)21-22-15(2)25-28-21/h3-12H,13H2,1-2H3,(H,23,27). The number of hydrogen-bond donors (Lipinski definition) is 1. The van der Waals surface area contributed by atoms with Crippen LogP contribution in [0, 0.1) is 13.8 Å². The van der Waals surface area contributed by atoms with Crippen LogP contribution < -0.4 is 5.32 Å². The maximum absolute atomic E-state index is 12.7. The average molecular weight is 373 g/mol. The quantitative estimate of drug-likeness (QED) is 0.574. The topological polar surface area (TPSA) is 85.8 Å². The Morgan fingerprint density at radius 2 is 1.82 bits per heavy atom. The third-order valence-electron chi connectivity index (χ3n) is 4.24. The summed E-state index contributed by atoms with van der Waals surface area (Å²) in [6, 6.07) is 18.9. The maximum atomic E-state index is 12.7. The molecule has 0 radical (unpaired) electrons. The van der Waals surface area contributed by atoms with Gasteiger partial charge < -0.3 is 9.84 Å². The second kappa shape index (κ2) is 7.48. The summed E-state index contributed by atoms with van der Waals surface area (Å²) in [6.45, 7) is 4.24. The first-order valence-electron chi connectivity index (χ1n) is 8.89. The number of rotatable bonds is 5. The van der Waals surface area contributed by atoms with E-state index in [2.05, 4.69) is 20.6 Å². The fraction of sp³-hybridized carbons (Fsp3) is 0.143. The molecule has 0 aliphatic carbocycles. The number of benzene rings is 2. The van der Waals surface area contributed by atoms with Crippen LogP contribution in [0.1, 0.15) is 27.4 Å². The van der Waals surface area contributed by atoms with Crippen LogP contribution >= 0.6 is 0 Å². The highest BCUT2D eigenvalue weighted by atomic mass is 16.5. The van der Waals surface area contributed by atoms with E-state index in [1.54, 1.807) is 35.9 Å². The molecule has 0 bridgehead atoms. The number of hydrogen-bond acceptors (Lipinski definition) is 5. The first-order chi connectivity index (χ1) is 13.6. The highest BCUT2D eigenvalue weighted by molar-refractivity contribution is 6.04. The molecule has 1 N–H and O–H groups in total. The first-order valence-corrected chi connectivity index (χ1v) is 8.89. The van der Waals surface area contributed by atoms with Gasteiger partial charge in [-0.3, -0.25) is 4.79 Å². The van der Waals surface area contributed by atoms with Crippen LogP contribution in [0.4, 0.5) is 5.82 Å². The van der Waals surface area contributed by atoms with E-state index in [1.165, 1.54) is 0 Å². The summed E-state index contributed by atoms with van der Waals surface area (Å²) in [5.41, 5.74) is 3.25. The second-order valence-corrected chi connectivity index (χ2v) is 6.49. The van der Waals surface area contributed by atoms with Crippen molar-refractivity contribution in [3.05, 3.63) is 83.3 Å². The van der Waals surface area contributed by atoms with Gasteiger partial charge in [-0.15, -0.1) is 0 Å². The lowest BCUT2D eigenvalue weighted by molar-refractivity contribution is 0.102. The second-order valence-electron chi connectivity index (χ2n) is 6.49. The highest BCUT2D eigenvalue weighted by Gasteiger charge is 2.13. The molecule has 4 aromatic rings. The van der Waals surface area contributed by atoms with Gasteiger partial charge in [0.1, 0.15) is 5.82 Å². The fourth-order valence-corrected chi connectivity index (χ4v) is 2.89. The molecule has 2 aromatic carbocycles. The van der Waals surface area contributed by atoms with E-state index in [0.29, 0.717) is 29.6 Å². The van der Waals surface area contributed by atoms with Crippen molar-refractivity contribution in [2.75, 3.05) is 5.32 Å². The van der Waals surface area contributed by atoms with E-state index in [1.807, 2.05) is 43.3 Å². The van der Waals surface area contributed by atoms with Gasteiger partial charge in [0.05, 0.1) is 12.2 Å². The third-order valence-corrected chi connectivity index (χ3v) is 4.24. The molecule has 2 heterocycles. The Kier molecular flexibility index (Phi) is 4.72. The number of nitrogens with one attached hydrogen (secondary N) is 1. The van der Waals surface area contributed by atoms with E-state index in [-0.39, 0.29) is 5.91 Å². The largest absolute Gasteiger partial charge is 0.334 e. The molecular weight excluding hydrogens is 354 g/mol. The molecule has 28 heavy (non-hydrogen) atoms. The summed E-state index contributed by atoms with van der Waals surface area (Å²) < 4.78 is 6.94. The van der Waals surface area contributed by atoms with Gasteiger partial charge in [0.25, 0.3) is 11.8 Å². The van der Waals surface area contributed by atoms with Gasteiger partial charge in [0.15, 0.2) is 5.82 Å². The lowest BCUT2D eigenvalue weighted by Gasteiger charge is -2.09. The van der Waals surface area contributed by atoms with E-state index in [0.717, 1.165) is 16.8 Å². The van der Waals surface area contributed by atoms with Crippen LogP contribution in [-0.4, -0.2) is 25.8 Å². The highest BCUT2D eigenvalue weighted by Crippen LogP contribution is 2.19. The van der Waals surface area contributed by atoms with E-state index in [4.69, 9.17) is 4.52 Å². The Hall–Kier alpha value is -3.74. The molecule has 7 nitrogen and oxygen atoms in total. The predicted molar refractivity (Wildman–Crippen MR) is 105 cm³/mol. The molecule has 7 heteroatoms. The molecule has 140 valence electrons. The number of amides is 1. The zero-order valence-electron chi connectivity index (χ0n) is 15.6. The Morgan fingerprint density at radius 1 is 1.07 bits per heavy atom. The monoisotopic (exact) mass is 373 g/mol. The van der Waals surface area contributed by atoms with Crippen molar-refractivity contribution in [1.82, 2.24) is 19.9 Å². The summed E-state index contributed by atoms with van der Waals surface area (Å²) in [6.07, 6.45) is 0. The first kappa shape index (κ1) is 17.7. The summed E-state index contributed by atoms with van der Waals surface area (Å²) in [4.78, 5) is 16.9. The van der Waals surface area contributed by atoms with Crippen molar-refractivity contribution >= 4 is 11.7 Å². The average Bonchev–Trinajstić information content (AvgIpc) is 3.28. The summed E-state index contributed by atoms with van der Waals surface area (Å²) >= 11 is 0. The molecule has 0 saturated heterocycles. The Balaban J connectivity index is 1.51. The summed E-state index contributed by atoms with van der Waals surface area (Å²) in [7, 11) is 0. The molecule has 0 unspecified atom stereocenters. The molecule has 0 spiro atoms. The number of anilines is 1. The number of carbonyl (C=O) groups is 1. The minimum absolute atomic E-state index is 0.206. The maximum Gasteiger partial charge on any atom is 0.257 e. The Bertz CT molecular complexity index is 1100. The van der Waals surface area contributed by atoms with E-state index < -0.39 is 0 Å². The van der Waals surface area contributed by atoms with Gasteiger partial charge in [0.2, 0.25) is 0 Å². The minimum atomic E-state index is -0.206. The van der Waals surface area contributed by atoms with Crippen molar-refractivity contribution in [2.24, 2.45) is 0 Å². The molecule has 0 atom stereocenters. The molecule has 0 fully saturated rings. The predicted octanol–water partition coefficient (Wildman–Crippen LogP) is 3.85. The molecule has 4 rings (SSSR count). The number of nitrogens with zero attached hydrogens (tertiary/aromatic N) is 4. The van der Waals surface area contributed by atoms with Gasteiger partial charge >= 0.3 is 0 Å². The normalized spacial score (nSPS) is 10.8. The molecular formula is C21H19N5O2. The van der Waals surface area contributed by atoms with Crippen LogP contribution in [0.25, 0.3) is 11.5 Å². The molecule has 2 aromatic heterocycles. The zero-order chi connectivity index (χ0) is 19.5. The number of aryl methyl sites for hydroxylation is 2. The van der Waals surface area contributed by atoms with E-state index in [9.17, 15) is 4.79 Å². The van der Waals surface area contributed by atoms with Crippen molar-refractivity contribution in [1.29, 1.82) is 0 Å².